The van der Waals surface area contributed by atoms with E-state index in [9.17, 15) is 23.5 Å². The lowest BCUT2D eigenvalue weighted by Crippen LogP contribution is -2.46. The predicted octanol–water partition coefficient (Wildman–Crippen LogP) is 4.61. The zero-order chi connectivity index (χ0) is 28.0. The van der Waals surface area contributed by atoms with Gasteiger partial charge in [-0.25, -0.2) is 8.78 Å². The van der Waals surface area contributed by atoms with Crippen LogP contribution in [0.2, 0.25) is 0 Å². The van der Waals surface area contributed by atoms with Gasteiger partial charge in [-0.05, 0) is 68.3 Å². The summed E-state index contributed by atoms with van der Waals surface area (Å²) in [7, 11) is 0. The van der Waals surface area contributed by atoms with Crippen LogP contribution in [0.1, 0.15) is 52.1 Å². The van der Waals surface area contributed by atoms with Crippen LogP contribution >= 0.6 is 0 Å². The number of rotatable bonds is 6. The standard InChI is InChI=1S/C31H32F2N4O3/c1-18-26(34-25-11-14-37(31(40)27(18)25)17-19(38)16-36-12-3-2-4-13-36)15-21-28-20(7-5-10-24(28)35-30(21)39)29-22(32)8-6-9-23(29)33/h5-10,15,19,34,38H,2-4,11-14,16-17H2,1H3,(H,35,39)/b21-15-. The second-order valence-electron chi connectivity index (χ2n) is 10.9. The lowest BCUT2D eigenvalue weighted by atomic mass is 9.93. The molecule has 1 saturated heterocycles. The number of carbonyl (C=O) groups excluding carboxylic acids is 2. The fraction of sp³-hybridized carbons (Fsp3) is 0.355. The fourth-order valence-corrected chi connectivity index (χ4v) is 6.23. The van der Waals surface area contributed by atoms with Gasteiger partial charge in [0.25, 0.3) is 11.8 Å². The molecule has 1 aromatic heterocycles. The van der Waals surface area contributed by atoms with Gasteiger partial charge in [0.05, 0.1) is 22.8 Å². The number of β-amino-alcohol motifs (C(OH)–C–C–N with tert-alkyl or cyclic N) is 1. The summed E-state index contributed by atoms with van der Waals surface area (Å²) in [5.41, 5.74) is 3.84. The summed E-state index contributed by atoms with van der Waals surface area (Å²) in [4.78, 5) is 33.8. The van der Waals surface area contributed by atoms with E-state index in [1.807, 2.05) is 6.92 Å². The van der Waals surface area contributed by atoms with Crippen LogP contribution in [0.15, 0.2) is 36.4 Å². The van der Waals surface area contributed by atoms with Crippen molar-refractivity contribution in [2.45, 2.75) is 38.7 Å². The van der Waals surface area contributed by atoms with Gasteiger partial charge in [-0.3, -0.25) is 9.59 Å². The first-order chi connectivity index (χ1) is 19.3. The summed E-state index contributed by atoms with van der Waals surface area (Å²) in [6.07, 6.45) is 5.12. The zero-order valence-electron chi connectivity index (χ0n) is 22.4. The topological polar surface area (TPSA) is 88.7 Å². The van der Waals surface area contributed by atoms with Crippen molar-refractivity contribution in [2.75, 3.05) is 38.0 Å². The first kappa shape index (κ1) is 26.4. The molecule has 208 valence electrons. The number of benzene rings is 2. The van der Waals surface area contributed by atoms with Gasteiger partial charge in [-0.15, -0.1) is 0 Å². The van der Waals surface area contributed by atoms with Crippen molar-refractivity contribution >= 4 is 29.2 Å². The monoisotopic (exact) mass is 546 g/mol. The van der Waals surface area contributed by atoms with Gasteiger partial charge in [0, 0.05) is 48.7 Å². The molecule has 1 fully saturated rings. The second-order valence-corrected chi connectivity index (χ2v) is 10.9. The Balaban J connectivity index is 1.30. The third kappa shape index (κ3) is 4.73. The summed E-state index contributed by atoms with van der Waals surface area (Å²) >= 11 is 0. The molecule has 1 atom stereocenters. The van der Waals surface area contributed by atoms with Crippen molar-refractivity contribution in [3.8, 4) is 11.1 Å². The molecule has 0 radical (unpaired) electrons. The van der Waals surface area contributed by atoms with Crippen LogP contribution in [-0.2, 0) is 11.2 Å². The summed E-state index contributed by atoms with van der Waals surface area (Å²) in [5.74, 6) is -1.97. The number of hydrogen-bond donors (Lipinski definition) is 3. The van der Waals surface area contributed by atoms with E-state index in [1.54, 1.807) is 29.2 Å². The van der Waals surface area contributed by atoms with Gasteiger partial charge in [-0.2, -0.15) is 0 Å². The van der Waals surface area contributed by atoms with Gasteiger partial charge in [0.1, 0.15) is 11.6 Å². The Morgan fingerprint density at radius 2 is 1.68 bits per heavy atom. The number of carbonyl (C=O) groups is 2. The Labute approximate surface area is 231 Å². The normalized spacial score (nSPS) is 19.1. The molecule has 7 nitrogen and oxygen atoms in total. The van der Waals surface area contributed by atoms with E-state index in [0.717, 1.165) is 31.6 Å². The summed E-state index contributed by atoms with van der Waals surface area (Å²) in [5, 5.41) is 13.5. The number of amides is 2. The van der Waals surface area contributed by atoms with Crippen molar-refractivity contribution in [1.29, 1.82) is 0 Å². The first-order valence-corrected chi connectivity index (χ1v) is 13.8. The van der Waals surface area contributed by atoms with E-state index in [1.165, 1.54) is 24.6 Å². The number of fused-ring (bicyclic) bond motifs is 2. The van der Waals surface area contributed by atoms with E-state index < -0.39 is 17.7 Å². The molecule has 3 N–H and O–H groups in total. The molecule has 2 aromatic carbocycles. The third-order valence-electron chi connectivity index (χ3n) is 8.20. The number of aromatic nitrogens is 1. The highest BCUT2D eigenvalue weighted by atomic mass is 19.1. The molecule has 4 heterocycles. The molecular weight excluding hydrogens is 514 g/mol. The van der Waals surface area contributed by atoms with Crippen LogP contribution in [0.4, 0.5) is 14.5 Å². The average Bonchev–Trinajstić information content (AvgIpc) is 3.42. The molecule has 0 aliphatic carbocycles. The molecule has 2 amide bonds. The lowest BCUT2D eigenvalue weighted by Gasteiger charge is -2.32. The molecule has 9 heteroatoms. The summed E-state index contributed by atoms with van der Waals surface area (Å²) < 4.78 is 29.5. The molecular formula is C31H32F2N4O3. The lowest BCUT2D eigenvalue weighted by molar-refractivity contribution is -0.110. The van der Waals surface area contributed by atoms with E-state index in [0.29, 0.717) is 47.6 Å². The average molecular weight is 547 g/mol. The highest BCUT2D eigenvalue weighted by Gasteiger charge is 2.33. The van der Waals surface area contributed by atoms with Crippen LogP contribution in [0.3, 0.4) is 0 Å². The molecule has 0 bridgehead atoms. The van der Waals surface area contributed by atoms with Gasteiger partial charge in [-0.1, -0.05) is 24.6 Å². The summed E-state index contributed by atoms with van der Waals surface area (Å²) in [6.45, 7) is 5.09. The Morgan fingerprint density at radius 3 is 2.42 bits per heavy atom. The van der Waals surface area contributed by atoms with Crippen LogP contribution in [0, 0.1) is 18.6 Å². The SMILES string of the molecule is Cc1c(/C=C2\C(=O)Nc3cccc(-c4c(F)cccc4F)c32)[nH]c2c1C(=O)N(CC(O)CN1CCCCC1)CC2. The number of aliphatic hydroxyl groups excluding tert-OH is 1. The van der Waals surface area contributed by atoms with Gasteiger partial charge in [0.15, 0.2) is 0 Å². The molecule has 3 aliphatic heterocycles. The first-order valence-electron chi connectivity index (χ1n) is 13.8. The molecule has 3 aromatic rings. The van der Waals surface area contributed by atoms with Crippen LogP contribution in [0.25, 0.3) is 22.8 Å². The van der Waals surface area contributed by atoms with Gasteiger partial charge < -0.3 is 25.2 Å². The number of anilines is 1. The number of halogens is 2. The molecule has 0 saturated carbocycles. The van der Waals surface area contributed by atoms with Crippen LogP contribution in [0.5, 0.6) is 0 Å². The minimum Gasteiger partial charge on any atom is -0.390 e. The number of aliphatic hydroxyl groups is 1. The number of aromatic amines is 1. The minimum absolute atomic E-state index is 0.150. The zero-order valence-corrected chi connectivity index (χ0v) is 22.4. The Kier molecular flexibility index (Phi) is 7.02. The Hall–Kier alpha value is -3.82. The van der Waals surface area contributed by atoms with Gasteiger partial charge >= 0.3 is 0 Å². The number of likely N-dealkylation sites (tertiary alicyclic amines) is 1. The highest BCUT2D eigenvalue weighted by molar-refractivity contribution is 6.36. The quantitative estimate of drug-likeness (QED) is 0.394. The van der Waals surface area contributed by atoms with Crippen molar-refractivity contribution in [3.05, 3.63) is 76.1 Å². The Bertz CT molecular complexity index is 1500. The van der Waals surface area contributed by atoms with Crippen molar-refractivity contribution in [3.63, 3.8) is 0 Å². The highest BCUT2D eigenvalue weighted by Crippen LogP contribution is 2.42. The van der Waals surface area contributed by atoms with E-state index in [-0.39, 0.29) is 35.1 Å². The minimum atomic E-state index is -0.716. The summed E-state index contributed by atoms with van der Waals surface area (Å²) in [6, 6.07) is 8.62. The van der Waals surface area contributed by atoms with Crippen LogP contribution in [-0.4, -0.2) is 70.5 Å². The molecule has 40 heavy (non-hydrogen) atoms. The molecule has 0 spiro atoms. The van der Waals surface area contributed by atoms with E-state index in [2.05, 4.69) is 15.2 Å². The number of H-pyrrole nitrogens is 1. The number of piperidine rings is 1. The fourth-order valence-electron chi connectivity index (χ4n) is 6.23. The maximum atomic E-state index is 14.7. The molecule has 1 unspecified atom stereocenters. The number of hydrogen-bond acceptors (Lipinski definition) is 4. The van der Waals surface area contributed by atoms with E-state index in [4.69, 9.17) is 0 Å². The van der Waals surface area contributed by atoms with Crippen molar-refractivity contribution in [2.24, 2.45) is 0 Å². The number of nitrogens with zero attached hydrogens (tertiary/aromatic N) is 2. The molecule has 3 aliphatic rings. The van der Waals surface area contributed by atoms with Crippen LogP contribution < -0.4 is 5.32 Å². The predicted molar refractivity (Wildman–Crippen MR) is 150 cm³/mol. The van der Waals surface area contributed by atoms with Crippen molar-refractivity contribution in [1.82, 2.24) is 14.8 Å². The largest absolute Gasteiger partial charge is 0.390 e. The second kappa shape index (κ2) is 10.6. The smallest absolute Gasteiger partial charge is 0.256 e. The Morgan fingerprint density at radius 1 is 0.950 bits per heavy atom. The van der Waals surface area contributed by atoms with Gasteiger partial charge in [0.2, 0.25) is 0 Å². The molecule has 6 rings (SSSR count). The maximum Gasteiger partial charge on any atom is 0.256 e. The van der Waals surface area contributed by atoms with E-state index >= 15 is 0 Å². The van der Waals surface area contributed by atoms with Crippen molar-refractivity contribution < 1.29 is 23.5 Å². The maximum absolute atomic E-state index is 14.7. The number of nitrogens with one attached hydrogen (secondary N) is 2. The third-order valence-corrected chi connectivity index (χ3v) is 8.20.